The van der Waals surface area contributed by atoms with Crippen molar-refractivity contribution in [3.63, 3.8) is 0 Å². The largest absolute Gasteiger partial charge is 0.425 e. The van der Waals surface area contributed by atoms with Gasteiger partial charge >= 0.3 is 11.9 Å². The van der Waals surface area contributed by atoms with Gasteiger partial charge in [-0.1, -0.05) is 0 Å². The van der Waals surface area contributed by atoms with Crippen LogP contribution in [0.25, 0.3) is 0 Å². The summed E-state index contributed by atoms with van der Waals surface area (Å²) in [5.41, 5.74) is 0. The van der Waals surface area contributed by atoms with Crippen LogP contribution in [-0.4, -0.2) is 11.9 Å². The number of hydrogen-bond acceptors (Lipinski definition) is 4. The first kappa shape index (κ1) is 14.7. The van der Waals surface area contributed by atoms with Crippen LogP contribution < -0.4 is 9.47 Å². The van der Waals surface area contributed by atoms with Crippen molar-refractivity contribution in [2.45, 2.75) is 13.8 Å². The molecular weight excluding hydrogens is 424 g/mol. The quantitative estimate of drug-likeness (QED) is 0.406. The van der Waals surface area contributed by atoms with Gasteiger partial charge in [0.25, 0.3) is 0 Å². The molecule has 1 aromatic carbocycles. The molecule has 0 N–H and O–H groups in total. The van der Waals surface area contributed by atoms with Gasteiger partial charge < -0.3 is 9.47 Å². The molecule has 0 saturated heterocycles. The topological polar surface area (TPSA) is 52.6 Å². The molecular formula is C10H7Br3O4. The van der Waals surface area contributed by atoms with Crippen molar-refractivity contribution in [2.75, 3.05) is 0 Å². The molecule has 0 unspecified atom stereocenters. The fraction of sp³-hybridized carbons (Fsp3) is 0.200. The van der Waals surface area contributed by atoms with E-state index in [9.17, 15) is 9.59 Å². The third-order valence-corrected chi connectivity index (χ3v) is 4.25. The molecule has 0 aliphatic carbocycles. The van der Waals surface area contributed by atoms with Gasteiger partial charge in [-0.05, 0) is 47.8 Å². The van der Waals surface area contributed by atoms with E-state index in [1.165, 1.54) is 19.9 Å². The van der Waals surface area contributed by atoms with Gasteiger partial charge in [0, 0.05) is 19.9 Å². The molecule has 0 aromatic heterocycles. The number of hydrogen-bond donors (Lipinski definition) is 0. The maximum Gasteiger partial charge on any atom is 0.308 e. The van der Waals surface area contributed by atoms with Crippen molar-refractivity contribution in [1.29, 1.82) is 0 Å². The molecule has 1 aromatic rings. The van der Waals surface area contributed by atoms with Crippen LogP contribution in [-0.2, 0) is 9.59 Å². The molecule has 0 aliphatic rings. The van der Waals surface area contributed by atoms with E-state index in [4.69, 9.17) is 9.47 Å². The van der Waals surface area contributed by atoms with Gasteiger partial charge in [-0.3, -0.25) is 9.59 Å². The minimum atomic E-state index is -0.446. The zero-order chi connectivity index (χ0) is 13.2. The Labute approximate surface area is 123 Å². The number of halogens is 3. The maximum atomic E-state index is 10.9. The Balaban J connectivity index is 3.25. The Hall–Kier alpha value is -0.400. The predicted molar refractivity (Wildman–Crippen MR) is 72.2 cm³/mol. The van der Waals surface area contributed by atoms with E-state index in [1.54, 1.807) is 0 Å². The Bertz CT molecular complexity index is 485. The Morgan fingerprint density at radius 2 is 1.53 bits per heavy atom. The molecule has 0 saturated carbocycles. The summed E-state index contributed by atoms with van der Waals surface area (Å²) in [6.07, 6.45) is 0. The Kier molecular flexibility index (Phi) is 5.15. The van der Waals surface area contributed by atoms with E-state index >= 15 is 0 Å². The summed E-state index contributed by atoms with van der Waals surface area (Å²) in [4.78, 5) is 21.8. The van der Waals surface area contributed by atoms with Gasteiger partial charge in [0.05, 0.1) is 13.4 Å². The third kappa shape index (κ3) is 3.79. The summed E-state index contributed by atoms with van der Waals surface area (Å²) in [6.45, 7) is 2.60. The average Bonchev–Trinajstić information content (AvgIpc) is 2.20. The van der Waals surface area contributed by atoms with E-state index in [1.807, 2.05) is 0 Å². The number of benzene rings is 1. The molecule has 0 heterocycles. The highest BCUT2D eigenvalue weighted by atomic mass is 79.9. The average molecular weight is 431 g/mol. The molecule has 0 atom stereocenters. The van der Waals surface area contributed by atoms with E-state index in [-0.39, 0.29) is 0 Å². The second-order valence-electron chi connectivity index (χ2n) is 3.00. The Morgan fingerprint density at radius 1 is 1.00 bits per heavy atom. The molecule has 7 heteroatoms. The minimum Gasteiger partial charge on any atom is -0.425 e. The molecule has 0 aliphatic heterocycles. The summed E-state index contributed by atoms with van der Waals surface area (Å²) in [6, 6.07) is 1.54. The summed E-state index contributed by atoms with van der Waals surface area (Å²) >= 11 is 9.73. The molecule has 1 rings (SSSR count). The number of carbonyl (C=O) groups excluding carboxylic acids is 2. The first-order chi connectivity index (χ1) is 7.82. The first-order valence-electron chi connectivity index (χ1n) is 4.37. The minimum absolute atomic E-state index is 0.320. The van der Waals surface area contributed by atoms with Gasteiger partial charge in [0.2, 0.25) is 0 Å². The number of ether oxygens (including phenoxy) is 2. The van der Waals surface area contributed by atoms with Crippen LogP contribution in [0.2, 0.25) is 0 Å². The summed E-state index contributed by atoms with van der Waals surface area (Å²) < 4.78 is 11.5. The van der Waals surface area contributed by atoms with Crippen LogP contribution in [0.15, 0.2) is 19.5 Å². The lowest BCUT2D eigenvalue weighted by molar-refractivity contribution is -0.133. The second kappa shape index (κ2) is 5.97. The zero-order valence-corrected chi connectivity index (χ0v) is 13.6. The lowest BCUT2D eigenvalue weighted by atomic mass is 10.3. The van der Waals surface area contributed by atoms with Crippen molar-refractivity contribution in [3.8, 4) is 11.5 Å². The molecule has 0 radical (unpaired) electrons. The highest BCUT2D eigenvalue weighted by Gasteiger charge is 2.18. The highest BCUT2D eigenvalue weighted by Crippen LogP contribution is 2.44. The van der Waals surface area contributed by atoms with Gasteiger partial charge in [-0.15, -0.1) is 0 Å². The molecule has 0 bridgehead atoms. The van der Waals surface area contributed by atoms with E-state index in [2.05, 4.69) is 47.8 Å². The molecule has 17 heavy (non-hydrogen) atoms. The number of rotatable bonds is 2. The number of carbonyl (C=O) groups is 2. The van der Waals surface area contributed by atoms with Gasteiger partial charge in [0.1, 0.15) is 5.75 Å². The van der Waals surface area contributed by atoms with Crippen LogP contribution in [0, 0.1) is 0 Å². The lowest BCUT2D eigenvalue weighted by Crippen LogP contribution is -2.05. The van der Waals surface area contributed by atoms with E-state index < -0.39 is 11.9 Å². The lowest BCUT2D eigenvalue weighted by Gasteiger charge is -2.12. The van der Waals surface area contributed by atoms with Crippen LogP contribution in [0.1, 0.15) is 13.8 Å². The van der Waals surface area contributed by atoms with Crippen molar-refractivity contribution in [3.05, 3.63) is 19.5 Å². The normalized spacial score (nSPS) is 9.94. The monoisotopic (exact) mass is 428 g/mol. The highest BCUT2D eigenvalue weighted by molar-refractivity contribution is 9.13. The number of esters is 2. The molecule has 0 spiro atoms. The summed E-state index contributed by atoms with van der Waals surface area (Å²) in [5.74, 6) is -0.240. The van der Waals surface area contributed by atoms with Crippen molar-refractivity contribution in [2.24, 2.45) is 0 Å². The van der Waals surface area contributed by atoms with E-state index in [0.717, 1.165) is 0 Å². The molecule has 92 valence electrons. The second-order valence-corrected chi connectivity index (χ2v) is 5.44. The van der Waals surface area contributed by atoms with Crippen molar-refractivity contribution < 1.29 is 19.1 Å². The van der Waals surface area contributed by atoms with Gasteiger partial charge in [-0.25, -0.2) is 0 Å². The molecule has 4 nitrogen and oxygen atoms in total. The van der Waals surface area contributed by atoms with Crippen LogP contribution in [0.5, 0.6) is 11.5 Å². The fourth-order valence-corrected chi connectivity index (χ4v) is 2.64. The van der Waals surface area contributed by atoms with Crippen molar-refractivity contribution >= 4 is 59.7 Å². The SMILES string of the molecule is CC(=O)Oc1cc(Br)c(OC(C)=O)c(Br)c1Br. The predicted octanol–water partition coefficient (Wildman–Crippen LogP) is 3.82. The van der Waals surface area contributed by atoms with Crippen molar-refractivity contribution in [1.82, 2.24) is 0 Å². The maximum absolute atomic E-state index is 10.9. The van der Waals surface area contributed by atoms with E-state index in [0.29, 0.717) is 24.9 Å². The molecule has 0 amide bonds. The van der Waals surface area contributed by atoms with Gasteiger partial charge in [-0.2, -0.15) is 0 Å². The molecule has 0 fully saturated rings. The standard InChI is InChI=1S/C10H7Br3O4/c1-4(14)16-7-3-6(11)10(17-5(2)15)9(13)8(7)12/h3H,1-2H3. The smallest absolute Gasteiger partial charge is 0.308 e. The fourth-order valence-electron chi connectivity index (χ4n) is 1.02. The summed E-state index contributed by atoms with van der Waals surface area (Å²) in [5, 5.41) is 0. The zero-order valence-electron chi connectivity index (χ0n) is 8.84. The van der Waals surface area contributed by atoms with Crippen LogP contribution >= 0.6 is 47.8 Å². The Morgan fingerprint density at radius 3 is 2.00 bits per heavy atom. The summed E-state index contributed by atoms with van der Waals surface area (Å²) in [7, 11) is 0. The first-order valence-corrected chi connectivity index (χ1v) is 6.75. The third-order valence-electron chi connectivity index (χ3n) is 1.58. The van der Waals surface area contributed by atoms with Crippen LogP contribution in [0.4, 0.5) is 0 Å². The van der Waals surface area contributed by atoms with Gasteiger partial charge in [0.15, 0.2) is 5.75 Å². The van der Waals surface area contributed by atoms with Crippen LogP contribution in [0.3, 0.4) is 0 Å².